The Morgan fingerprint density at radius 1 is 1.33 bits per heavy atom. The topological polar surface area (TPSA) is 12.0 Å². The van der Waals surface area contributed by atoms with Crippen LogP contribution in [-0.2, 0) is 6.18 Å². The maximum Gasteiger partial charge on any atom is 0.417 e. The van der Waals surface area contributed by atoms with Gasteiger partial charge in [0.15, 0.2) is 0 Å². The van der Waals surface area contributed by atoms with Gasteiger partial charge in [0.05, 0.1) is 5.56 Å². The second kappa shape index (κ2) is 6.45. The maximum atomic E-state index is 12.7. The van der Waals surface area contributed by atoms with E-state index in [9.17, 15) is 13.2 Å². The van der Waals surface area contributed by atoms with Crippen molar-refractivity contribution >= 4 is 21.6 Å². The summed E-state index contributed by atoms with van der Waals surface area (Å²) in [6.07, 6.45) is -1.23. The number of unbranched alkanes of at least 4 members (excludes halogenated alkanes) is 1. The van der Waals surface area contributed by atoms with Gasteiger partial charge in [-0.25, -0.2) is 0 Å². The smallest absolute Gasteiger partial charge is 0.383 e. The molecule has 0 aromatic heterocycles. The van der Waals surface area contributed by atoms with E-state index in [2.05, 4.69) is 28.2 Å². The summed E-state index contributed by atoms with van der Waals surface area (Å²) < 4.78 is 38.2. The van der Waals surface area contributed by atoms with Gasteiger partial charge < -0.3 is 5.32 Å². The SMILES string of the molecule is CCCCC(C)Nc1ccc(Br)c(C(F)(F)F)c1. The van der Waals surface area contributed by atoms with Crippen molar-refractivity contribution in [3.63, 3.8) is 0 Å². The highest BCUT2D eigenvalue weighted by atomic mass is 79.9. The molecule has 0 saturated heterocycles. The monoisotopic (exact) mass is 323 g/mol. The van der Waals surface area contributed by atoms with Crippen LogP contribution in [0.4, 0.5) is 18.9 Å². The number of halogens is 4. The van der Waals surface area contributed by atoms with Crippen molar-refractivity contribution < 1.29 is 13.2 Å². The number of alkyl halides is 3. The van der Waals surface area contributed by atoms with Crippen LogP contribution in [0.15, 0.2) is 22.7 Å². The van der Waals surface area contributed by atoms with Crippen molar-refractivity contribution in [2.24, 2.45) is 0 Å². The van der Waals surface area contributed by atoms with Crippen molar-refractivity contribution in [3.8, 4) is 0 Å². The molecule has 0 aliphatic heterocycles. The molecule has 0 spiro atoms. The average Bonchev–Trinajstić information content (AvgIpc) is 2.27. The standard InChI is InChI=1S/C13H17BrF3N/c1-3-4-5-9(2)18-10-6-7-12(14)11(8-10)13(15,16)17/h6-9,18H,3-5H2,1-2H3. The molecule has 1 aromatic carbocycles. The molecule has 0 amide bonds. The zero-order chi connectivity index (χ0) is 13.8. The lowest BCUT2D eigenvalue weighted by molar-refractivity contribution is -0.138. The first kappa shape index (κ1) is 15.3. The van der Waals surface area contributed by atoms with Gasteiger partial charge in [-0.1, -0.05) is 35.7 Å². The predicted molar refractivity (Wildman–Crippen MR) is 71.8 cm³/mol. The van der Waals surface area contributed by atoms with Crippen molar-refractivity contribution in [1.82, 2.24) is 0 Å². The van der Waals surface area contributed by atoms with E-state index in [1.807, 2.05) is 6.92 Å². The van der Waals surface area contributed by atoms with E-state index < -0.39 is 11.7 Å². The fourth-order valence-electron chi connectivity index (χ4n) is 1.70. The molecule has 0 fully saturated rings. The molecule has 0 aliphatic rings. The van der Waals surface area contributed by atoms with Gasteiger partial charge in [0, 0.05) is 16.2 Å². The highest BCUT2D eigenvalue weighted by Crippen LogP contribution is 2.36. The molecule has 1 aromatic rings. The van der Waals surface area contributed by atoms with Gasteiger partial charge in [0.2, 0.25) is 0 Å². The van der Waals surface area contributed by atoms with Crippen molar-refractivity contribution in [2.75, 3.05) is 5.32 Å². The number of nitrogens with one attached hydrogen (secondary N) is 1. The number of hydrogen-bond acceptors (Lipinski definition) is 1. The molecular formula is C13H17BrF3N. The van der Waals surface area contributed by atoms with Gasteiger partial charge >= 0.3 is 6.18 Å². The molecule has 5 heteroatoms. The fraction of sp³-hybridized carbons (Fsp3) is 0.538. The Labute approximate surface area is 114 Å². The third-order valence-corrected chi connectivity index (χ3v) is 3.37. The Hall–Kier alpha value is -0.710. The zero-order valence-electron chi connectivity index (χ0n) is 10.4. The van der Waals surface area contributed by atoms with E-state index in [4.69, 9.17) is 0 Å². The van der Waals surface area contributed by atoms with Crippen LogP contribution in [-0.4, -0.2) is 6.04 Å². The van der Waals surface area contributed by atoms with Gasteiger partial charge in [0.1, 0.15) is 0 Å². The highest BCUT2D eigenvalue weighted by Gasteiger charge is 2.33. The molecule has 1 rings (SSSR count). The minimum atomic E-state index is -4.33. The van der Waals surface area contributed by atoms with E-state index in [1.54, 1.807) is 6.07 Å². The van der Waals surface area contributed by atoms with Crippen LogP contribution in [0, 0.1) is 0 Å². The summed E-state index contributed by atoms with van der Waals surface area (Å²) in [5.74, 6) is 0. The van der Waals surface area contributed by atoms with Crippen molar-refractivity contribution in [2.45, 2.75) is 45.3 Å². The van der Waals surface area contributed by atoms with E-state index in [0.29, 0.717) is 5.69 Å². The maximum absolute atomic E-state index is 12.7. The largest absolute Gasteiger partial charge is 0.417 e. The molecular weight excluding hydrogens is 307 g/mol. The first-order valence-corrected chi connectivity index (χ1v) is 6.77. The van der Waals surface area contributed by atoms with Crippen LogP contribution in [0.1, 0.15) is 38.7 Å². The molecule has 1 unspecified atom stereocenters. The molecule has 1 nitrogen and oxygen atoms in total. The molecule has 1 atom stereocenters. The van der Waals surface area contributed by atoms with Gasteiger partial charge in [-0.2, -0.15) is 13.2 Å². The van der Waals surface area contributed by atoms with Gasteiger partial charge in [-0.3, -0.25) is 0 Å². The van der Waals surface area contributed by atoms with Gasteiger partial charge in [-0.05, 0) is 31.5 Å². The molecule has 0 bridgehead atoms. The second-order valence-electron chi connectivity index (χ2n) is 4.38. The molecule has 0 aliphatic carbocycles. The van der Waals surface area contributed by atoms with E-state index in [1.165, 1.54) is 6.07 Å². The quantitative estimate of drug-likeness (QED) is 0.758. The van der Waals surface area contributed by atoms with Gasteiger partial charge in [0.25, 0.3) is 0 Å². The molecule has 0 radical (unpaired) electrons. The van der Waals surface area contributed by atoms with E-state index in [-0.39, 0.29) is 10.5 Å². The third kappa shape index (κ3) is 4.52. The van der Waals surface area contributed by atoms with E-state index in [0.717, 1.165) is 25.3 Å². The average molecular weight is 324 g/mol. The lowest BCUT2D eigenvalue weighted by atomic mass is 10.1. The van der Waals surface area contributed by atoms with Crippen molar-refractivity contribution in [3.05, 3.63) is 28.2 Å². The zero-order valence-corrected chi connectivity index (χ0v) is 12.0. The summed E-state index contributed by atoms with van der Waals surface area (Å²) in [6.45, 7) is 4.07. The Morgan fingerprint density at radius 3 is 2.56 bits per heavy atom. The summed E-state index contributed by atoms with van der Waals surface area (Å²) >= 11 is 2.93. The van der Waals surface area contributed by atoms with Crippen LogP contribution in [0.25, 0.3) is 0 Å². The van der Waals surface area contributed by atoms with Crippen LogP contribution in [0.2, 0.25) is 0 Å². The van der Waals surface area contributed by atoms with E-state index >= 15 is 0 Å². The van der Waals surface area contributed by atoms with Crippen LogP contribution < -0.4 is 5.32 Å². The molecule has 0 heterocycles. The second-order valence-corrected chi connectivity index (χ2v) is 5.23. The first-order valence-electron chi connectivity index (χ1n) is 5.98. The summed E-state index contributed by atoms with van der Waals surface area (Å²) in [7, 11) is 0. The summed E-state index contributed by atoms with van der Waals surface area (Å²) in [6, 6.07) is 4.40. The molecule has 0 saturated carbocycles. The number of anilines is 1. The van der Waals surface area contributed by atoms with Gasteiger partial charge in [-0.15, -0.1) is 0 Å². The Bertz CT molecular complexity index is 390. The van der Waals surface area contributed by atoms with Crippen LogP contribution >= 0.6 is 15.9 Å². The summed E-state index contributed by atoms with van der Waals surface area (Å²) in [4.78, 5) is 0. The lowest BCUT2D eigenvalue weighted by Crippen LogP contribution is -2.15. The summed E-state index contributed by atoms with van der Waals surface area (Å²) in [5, 5.41) is 3.10. The normalized spacial score (nSPS) is 13.4. The van der Waals surface area contributed by atoms with Crippen LogP contribution in [0.5, 0.6) is 0 Å². The van der Waals surface area contributed by atoms with Crippen molar-refractivity contribution in [1.29, 1.82) is 0 Å². The molecule has 1 N–H and O–H groups in total. The molecule has 18 heavy (non-hydrogen) atoms. The number of rotatable bonds is 5. The highest BCUT2D eigenvalue weighted by molar-refractivity contribution is 9.10. The Balaban J connectivity index is 2.79. The number of hydrogen-bond donors (Lipinski definition) is 1. The third-order valence-electron chi connectivity index (χ3n) is 2.68. The predicted octanol–water partition coefficient (Wildman–Crippen LogP) is 5.46. The number of benzene rings is 1. The molecule has 102 valence electrons. The minimum Gasteiger partial charge on any atom is -0.383 e. The summed E-state index contributed by atoms with van der Waals surface area (Å²) in [5.41, 5.74) is -0.135. The fourth-order valence-corrected chi connectivity index (χ4v) is 2.17. The lowest BCUT2D eigenvalue weighted by Gasteiger charge is -2.17. The van der Waals surface area contributed by atoms with Crippen LogP contribution in [0.3, 0.4) is 0 Å². The minimum absolute atomic E-state index is 0.0711. The Kier molecular flexibility index (Phi) is 5.50. The Morgan fingerprint density at radius 2 is 2.00 bits per heavy atom. The first-order chi connectivity index (χ1) is 8.34.